The molecule has 2 aromatic rings. The average molecular weight is 303 g/mol. The topological polar surface area (TPSA) is 92.5 Å². The van der Waals surface area contributed by atoms with Crippen molar-refractivity contribution in [2.45, 2.75) is 12.5 Å². The number of nitrogens with one attached hydrogen (secondary N) is 1. The summed E-state index contributed by atoms with van der Waals surface area (Å²) in [7, 11) is 1.42. The van der Waals surface area contributed by atoms with E-state index in [1.807, 2.05) is 6.07 Å². The monoisotopic (exact) mass is 303 g/mol. The molecule has 3 rings (SSSR count). The van der Waals surface area contributed by atoms with Crippen LogP contribution in [0.4, 0.5) is 5.69 Å². The molecule has 7 heteroatoms. The van der Waals surface area contributed by atoms with Crippen LogP contribution in [0, 0.1) is 0 Å². The van der Waals surface area contributed by atoms with Gasteiger partial charge in [0.05, 0.1) is 11.3 Å². The molecule has 21 heavy (non-hydrogen) atoms. The van der Waals surface area contributed by atoms with Crippen molar-refractivity contribution in [3.8, 4) is 0 Å². The number of nitrogens with zero attached hydrogens (tertiary/aromatic N) is 1. The van der Waals surface area contributed by atoms with Crippen LogP contribution < -0.4 is 11.1 Å². The first kappa shape index (κ1) is 13.6. The Morgan fingerprint density at radius 3 is 2.81 bits per heavy atom. The zero-order valence-electron chi connectivity index (χ0n) is 11.3. The van der Waals surface area contributed by atoms with Crippen LogP contribution in [0.15, 0.2) is 24.3 Å². The van der Waals surface area contributed by atoms with Gasteiger partial charge in [-0.1, -0.05) is 0 Å². The zero-order chi connectivity index (χ0) is 15.1. The first-order valence-electron chi connectivity index (χ1n) is 6.36. The van der Waals surface area contributed by atoms with E-state index >= 15 is 0 Å². The molecule has 1 unspecified atom stereocenters. The van der Waals surface area contributed by atoms with Gasteiger partial charge >= 0.3 is 0 Å². The minimum Gasteiger partial charge on any atom is -0.399 e. The van der Waals surface area contributed by atoms with E-state index in [-0.39, 0.29) is 24.1 Å². The highest BCUT2D eigenvalue weighted by atomic mass is 32.1. The fourth-order valence-corrected chi connectivity index (χ4v) is 3.22. The summed E-state index contributed by atoms with van der Waals surface area (Å²) in [4.78, 5) is 36.9. The number of hydrogen-bond acceptors (Lipinski definition) is 5. The molecule has 0 saturated carbocycles. The molecule has 1 fully saturated rings. The Labute approximate surface area is 124 Å². The van der Waals surface area contributed by atoms with Crippen molar-refractivity contribution in [2.24, 2.45) is 0 Å². The van der Waals surface area contributed by atoms with Gasteiger partial charge in [-0.3, -0.25) is 19.3 Å². The molecule has 1 aromatic heterocycles. The summed E-state index contributed by atoms with van der Waals surface area (Å²) in [5.41, 5.74) is 6.34. The van der Waals surface area contributed by atoms with Gasteiger partial charge in [0.1, 0.15) is 6.04 Å². The molecule has 0 aliphatic carbocycles. The Kier molecular flexibility index (Phi) is 3.13. The largest absolute Gasteiger partial charge is 0.399 e. The molecule has 1 aliphatic rings. The van der Waals surface area contributed by atoms with E-state index in [0.29, 0.717) is 10.6 Å². The van der Waals surface area contributed by atoms with Gasteiger partial charge in [0.25, 0.3) is 11.8 Å². The molecule has 3 amide bonds. The van der Waals surface area contributed by atoms with E-state index in [0.717, 1.165) is 15.0 Å². The molecular weight excluding hydrogens is 290 g/mol. The summed E-state index contributed by atoms with van der Waals surface area (Å²) in [6.45, 7) is 0. The second-order valence-electron chi connectivity index (χ2n) is 4.93. The summed E-state index contributed by atoms with van der Waals surface area (Å²) in [6.07, 6.45) is 0.0128. The Hall–Kier alpha value is -2.41. The predicted molar refractivity (Wildman–Crippen MR) is 79.9 cm³/mol. The van der Waals surface area contributed by atoms with E-state index in [9.17, 15) is 14.4 Å². The van der Waals surface area contributed by atoms with Crippen LogP contribution in [0.5, 0.6) is 0 Å². The number of carbonyl (C=O) groups is 3. The maximum atomic E-state index is 12.2. The minimum absolute atomic E-state index is 0.0128. The molecule has 1 atom stereocenters. The molecule has 2 heterocycles. The van der Waals surface area contributed by atoms with Gasteiger partial charge in [0.15, 0.2) is 0 Å². The molecule has 108 valence electrons. The van der Waals surface area contributed by atoms with Crippen LogP contribution in [-0.4, -0.2) is 35.7 Å². The summed E-state index contributed by atoms with van der Waals surface area (Å²) in [5.74, 6) is -1.01. The number of likely N-dealkylation sites (tertiary alicyclic amines) is 1. The quantitative estimate of drug-likeness (QED) is 0.638. The second-order valence-corrected chi connectivity index (χ2v) is 6.01. The number of likely N-dealkylation sites (N-methyl/N-ethyl adjacent to an activating group) is 1. The number of nitrogen functional groups attached to an aromatic ring is 1. The molecule has 0 radical (unpaired) electrons. The number of carbonyl (C=O) groups excluding carboxylic acids is 3. The van der Waals surface area contributed by atoms with Crippen LogP contribution in [0.1, 0.15) is 16.1 Å². The molecule has 3 N–H and O–H groups in total. The smallest absolute Gasteiger partial charge is 0.262 e. The van der Waals surface area contributed by atoms with E-state index in [4.69, 9.17) is 5.73 Å². The highest BCUT2D eigenvalue weighted by molar-refractivity contribution is 7.20. The molecular formula is C14H13N3O3S. The van der Waals surface area contributed by atoms with E-state index in [2.05, 4.69) is 5.32 Å². The lowest BCUT2D eigenvalue weighted by molar-refractivity contribution is -0.137. The van der Waals surface area contributed by atoms with Crippen LogP contribution in [0.25, 0.3) is 10.1 Å². The molecule has 0 bridgehead atoms. The van der Waals surface area contributed by atoms with Crippen LogP contribution >= 0.6 is 11.3 Å². The van der Waals surface area contributed by atoms with Gasteiger partial charge in [0, 0.05) is 17.4 Å². The fourth-order valence-electron chi connectivity index (χ4n) is 2.27. The van der Waals surface area contributed by atoms with Crippen molar-refractivity contribution in [1.82, 2.24) is 10.2 Å². The van der Waals surface area contributed by atoms with Gasteiger partial charge in [-0.15, -0.1) is 11.3 Å². The number of amides is 3. The van der Waals surface area contributed by atoms with Crippen LogP contribution in [-0.2, 0) is 9.59 Å². The lowest BCUT2D eigenvalue weighted by atomic mass is 10.2. The van der Waals surface area contributed by atoms with Gasteiger partial charge in [0.2, 0.25) is 5.91 Å². The standard InChI is InChI=1S/C14H13N3O3S/c1-17-12(18)6-9(14(17)20)16-13(19)11-5-7-4-8(15)2-3-10(7)21-11/h2-5,9H,6,15H2,1H3,(H,16,19). The number of anilines is 1. The number of hydrogen-bond donors (Lipinski definition) is 2. The fraction of sp³-hybridized carbons (Fsp3) is 0.214. The first-order valence-corrected chi connectivity index (χ1v) is 7.17. The predicted octanol–water partition coefficient (Wildman–Crippen LogP) is 0.971. The highest BCUT2D eigenvalue weighted by Crippen LogP contribution is 2.27. The zero-order valence-corrected chi connectivity index (χ0v) is 12.1. The number of fused-ring (bicyclic) bond motifs is 1. The summed E-state index contributed by atoms with van der Waals surface area (Å²) >= 11 is 1.32. The normalized spacial score (nSPS) is 18.5. The number of nitrogens with two attached hydrogens (primary N) is 1. The third-order valence-electron chi connectivity index (χ3n) is 3.45. The van der Waals surface area contributed by atoms with Crippen LogP contribution in [0.3, 0.4) is 0 Å². The summed E-state index contributed by atoms with van der Waals surface area (Å²) in [6, 6.07) is 6.38. The third kappa shape index (κ3) is 2.36. The SMILES string of the molecule is CN1C(=O)CC(NC(=O)c2cc3cc(N)ccc3s2)C1=O. The molecule has 1 saturated heterocycles. The minimum atomic E-state index is -0.773. The Balaban J connectivity index is 1.81. The van der Waals surface area contributed by atoms with Crippen molar-refractivity contribution in [2.75, 3.05) is 12.8 Å². The van der Waals surface area contributed by atoms with Crippen molar-refractivity contribution in [3.63, 3.8) is 0 Å². The maximum Gasteiger partial charge on any atom is 0.262 e. The van der Waals surface area contributed by atoms with Crippen LogP contribution in [0.2, 0.25) is 0 Å². The molecule has 1 aliphatic heterocycles. The number of benzene rings is 1. The average Bonchev–Trinajstić information content (AvgIpc) is 2.96. The second kappa shape index (κ2) is 4.85. The van der Waals surface area contributed by atoms with Crippen molar-refractivity contribution >= 4 is 44.8 Å². The molecule has 6 nitrogen and oxygen atoms in total. The van der Waals surface area contributed by atoms with E-state index < -0.39 is 6.04 Å². The maximum absolute atomic E-state index is 12.2. The third-order valence-corrected chi connectivity index (χ3v) is 4.57. The van der Waals surface area contributed by atoms with Gasteiger partial charge < -0.3 is 11.1 Å². The highest BCUT2D eigenvalue weighted by Gasteiger charge is 2.37. The molecule has 0 spiro atoms. The van der Waals surface area contributed by atoms with Gasteiger partial charge in [-0.25, -0.2) is 0 Å². The van der Waals surface area contributed by atoms with Crippen molar-refractivity contribution < 1.29 is 14.4 Å². The lowest BCUT2D eigenvalue weighted by Crippen LogP contribution is -2.40. The Morgan fingerprint density at radius 1 is 1.38 bits per heavy atom. The van der Waals surface area contributed by atoms with Crippen molar-refractivity contribution in [3.05, 3.63) is 29.1 Å². The lowest BCUT2D eigenvalue weighted by Gasteiger charge is -2.09. The summed E-state index contributed by atoms with van der Waals surface area (Å²) in [5, 5.41) is 3.49. The van der Waals surface area contributed by atoms with E-state index in [1.165, 1.54) is 18.4 Å². The van der Waals surface area contributed by atoms with E-state index in [1.54, 1.807) is 18.2 Å². The number of rotatable bonds is 2. The molecule has 1 aromatic carbocycles. The first-order chi connectivity index (χ1) is 9.95. The number of thiophene rings is 1. The van der Waals surface area contributed by atoms with Gasteiger partial charge in [-0.05, 0) is 29.7 Å². The summed E-state index contributed by atoms with van der Waals surface area (Å²) < 4.78 is 0.945. The van der Waals surface area contributed by atoms with Crippen molar-refractivity contribution in [1.29, 1.82) is 0 Å². The number of imide groups is 1. The Bertz CT molecular complexity index is 768. The van der Waals surface area contributed by atoms with Gasteiger partial charge in [-0.2, -0.15) is 0 Å². The Morgan fingerprint density at radius 2 is 2.14 bits per heavy atom.